The molecule has 0 amide bonds. The predicted octanol–water partition coefficient (Wildman–Crippen LogP) is 1.04. The second-order valence-electron chi connectivity index (χ2n) is 2.32. The monoisotopic (exact) mass is 256 g/mol. The van der Waals surface area contributed by atoms with Gasteiger partial charge in [-0.15, -0.1) is 0 Å². The molecular weight excluding hydrogens is 244 g/mol. The zero-order valence-corrected chi connectivity index (χ0v) is 9.52. The highest BCUT2D eigenvalue weighted by atomic mass is 79.9. The number of esters is 1. The molecule has 0 aromatic rings. The number of ether oxygens (including phenoxy) is 1. The van der Waals surface area contributed by atoms with Crippen LogP contribution in [-0.4, -0.2) is 40.6 Å². The van der Waals surface area contributed by atoms with Gasteiger partial charge in [-0.2, -0.15) is 11.8 Å². The maximum atomic E-state index is 10.9. The first-order valence-electron chi connectivity index (χ1n) is 3.56. The Labute approximate surface area is 85.0 Å². The molecular formula is C7H13BrO3S. The summed E-state index contributed by atoms with van der Waals surface area (Å²) in [6.07, 6.45) is 0. The van der Waals surface area contributed by atoms with Gasteiger partial charge < -0.3 is 9.84 Å². The molecule has 0 aliphatic carbocycles. The number of carbonyl (C=O) groups excluding carboxylic acids is 1. The molecule has 0 rings (SSSR count). The van der Waals surface area contributed by atoms with Crippen LogP contribution in [0.4, 0.5) is 0 Å². The Morgan fingerprint density at radius 2 is 2.33 bits per heavy atom. The second kappa shape index (κ2) is 6.74. The smallest absolute Gasteiger partial charge is 0.320 e. The molecule has 0 aliphatic rings. The van der Waals surface area contributed by atoms with Crippen LogP contribution in [0.1, 0.15) is 6.92 Å². The van der Waals surface area contributed by atoms with E-state index in [0.717, 1.165) is 0 Å². The molecule has 2 unspecified atom stereocenters. The van der Waals surface area contributed by atoms with Crippen LogP contribution < -0.4 is 0 Å². The zero-order valence-electron chi connectivity index (χ0n) is 7.12. The van der Waals surface area contributed by atoms with Crippen LogP contribution in [0.15, 0.2) is 0 Å². The Morgan fingerprint density at radius 3 is 2.75 bits per heavy atom. The summed E-state index contributed by atoms with van der Waals surface area (Å²) >= 11 is 4.71. The second-order valence-corrected chi connectivity index (χ2v) is 4.89. The van der Waals surface area contributed by atoms with Crippen LogP contribution in [0.2, 0.25) is 0 Å². The van der Waals surface area contributed by atoms with Gasteiger partial charge in [0, 0.05) is 11.0 Å². The van der Waals surface area contributed by atoms with Gasteiger partial charge in [-0.3, -0.25) is 4.79 Å². The summed E-state index contributed by atoms with van der Waals surface area (Å²) in [5.74, 6) is 0.349. The molecule has 0 aromatic heterocycles. The van der Waals surface area contributed by atoms with E-state index in [2.05, 4.69) is 20.7 Å². The predicted molar refractivity (Wildman–Crippen MR) is 53.7 cm³/mol. The number of hydrogen-bond donors (Lipinski definition) is 1. The Hall–Kier alpha value is 0.260. The average Bonchev–Trinajstić information content (AvgIpc) is 2.11. The fraction of sp³-hybridized carbons (Fsp3) is 0.857. The standard InChI is InChI=1S/C7H13BrO3S/c1-5(3-9)12-4-6(8)7(10)11-2/h5-6,9H,3-4H2,1-2H3. The highest BCUT2D eigenvalue weighted by Crippen LogP contribution is 2.15. The van der Waals surface area contributed by atoms with E-state index in [1.54, 1.807) is 0 Å². The Balaban J connectivity index is 3.56. The summed E-state index contributed by atoms with van der Waals surface area (Å²) in [4.78, 5) is 10.6. The van der Waals surface area contributed by atoms with Gasteiger partial charge in [0.2, 0.25) is 0 Å². The first-order valence-corrected chi connectivity index (χ1v) is 5.52. The lowest BCUT2D eigenvalue weighted by Gasteiger charge is -2.10. The minimum Gasteiger partial charge on any atom is -0.468 e. The van der Waals surface area contributed by atoms with E-state index in [1.807, 2.05) is 6.92 Å². The molecule has 0 aromatic carbocycles. The molecule has 3 nitrogen and oxygen atoms in total. The number of rotatable bonds is 5. The normalized spacial score (nSPS) is 15.3. The van der Waals surface area contributed by atoms with Gasteiger partial charge in [0.15, 0.2) is 0 Å². The Morgan fingerprint density at radius 1 is 1.75 bits per heavy atom. The first kappa shape index (κ1) is 12.3. The molecule has 0 saturated carbocycles. The lowest BCUT2D eigenvalue weighted by atomic mass is 10.5. The van der Waals surface area contributed by atoms with Crippen molar-refractivity contribution in [3.05, 3.63) is 0 Å². The van der Waals surface area contributed by atoms with Gasteiger partial charge in [0.25, 0.3) is 0 Å². The molecule has 72 valence electrons. The molecule has 1 N–H and O–H groups in total. The van der Waals surface area contributed by atoms with Gasteiger partial charge in [-0.25, -0.2) is 0 Å². The van der Waals surface area contributed by atoms with Crippen LogP contribution in [0.5, 0.6) is 0 Å². The van der Waals surface area contributed by atoms with Gasteiger partial charge in [0.05, 0.1) is 13.7 Å². The van der Waals surface area contributed by atoms with E-state index in [9.17, 15) is 4.79 Å². The topological polar surface area (TPSA) is 46.5 Å². The summed E-state index contributed by atoms with van der Waals surface area (Å²) in [6, 6.07) is 0. The van der Waals surface area contributed by atoms with Crippen molar-refractivity contribution >= 4 is 33.7 Å². The van der Waals surface area contributed by atoms with Crippen molar-refractivity contribution in [1.29, 1.82) is 0 Å². The van der Waals surface area contributed by atoms with Crippen LogP contribution in [0.25, 0.3) is 0 Å². The minimum absolute atomic E-state index is 0.131. The van der Waals surface area contributed by atoms with Crippen LogP contribution >= 0.6 is 27.7 Å². The van der Waals surface area contributed by atoms with Crippen molar-refractivity contribution in [3.8, 4) is 0 Å². The Bertz CT molecular complexity index is 143. The van der Waals surface area contributed by atoms with Gasteiger partial charge in [-0.05, 0) is 0 Å². The van der Waals surface area contributed by atoms with Crippen molar-refractivity contribution in [2.75, 3.05) is 19.5 Å². The van der Waals surface area contributed by atoms with Crippen LogP contribution in [-0.2, 0) is 9.53 Å². The molecule has 2 atom stereocenters. The van der Waals surface area contributed by atoms with E-state index in [4.69, 9.17) is 5.11 Å². The molecule has 12 heavy (non-hydrogen) atoms. The summed E-state index contributed by atoms with van der Waals surface area (Å²) < 4.78 is 4.52. The van der Waals surface area contributed by atoms with Gasteiger partial charge in [-0.1, -0.05) is 22.9 Å². The van der Waals surface area contributed by atoms with Crippen LogP contribution in [0, 0.1) is 0 Å². The summed E-state index contributed by atoms with van der Waals surface area (Å²) in [5.41, 5.74) is 0. The first-order chi connectivity index (χ1) is 5.61. The lowest BCUT2D eigenvalue weighted by molar-refractivity contribution is -0.139. The van der Waals surface area contributed by atoms with E-state index in [-0.39, 0.29) is 22.7 Å². The maximum Gasteiger partial charge on any atom is 0.320 e. The van der Waals surface area contributed by atoms with Gasteiger partial charge >= 0.3 is 5.97 Å². The number of aliphatic hydroxyl groups excluding tert-OH is 1. The van der Waals surface area contributed by atoms with Crippen molar-refractivity contribution in [1.82, 2.24) is 0 Å². The molecule has 0 saturated heterocycles. The number of hydrogen-bond acceptors (Lipinski definition) is 4. The minimum atomic E-state index is -0.276. The van der Waals surface area contributed by atoms with E-state index in [1.165, 1.54) is 18.9 Å². The molecule has 5 heteroatoms. The summed E-state index contributed by atoms with van der Waals surface area (Å²) in [6.45, 7) is 2.03. The van der Waals surface area contributed by atoms with E-state index < -0.39 is 0 Å². The number of halogens is 1. The third-order valence-corrected chi connectivity index (χ3v) is 3.61. The fourth-order valence-corrected chi connectivity index (χ4v) is 1.88. The zero-order chi connectivity index (χ0) is 9.56. The van der Waals surface area contributed by atoms with E-state index in [0.29, 0.717) is 5.75 Å². The van der Waals surface area contributed by atoms with Crippen molar-refractivity contribution in [2.24, 2.45) is 0 Å². The molecule has 0 bridgehead atoms. The number of carbonyl (C=O) groups is 1. The summed E-state index contributed by atoms with van der Waals surface area (Å²) in [5, 5.41) is 8.85. The van der Waals surface area contributed by atoms with Crippen molar-refractivity contribution in [2.45, 2.75) is 17.0 Å². The van der Waals surface area contributed by atoms with E-state index >= 15 is 0 Å². The Kier molecular flexibility index (Phi) is 6.89. The van der Waals surface area contributed by atoms with Crippen molar-refractivity contribution in [3.63, 3.8) is 0 Å². The van der Waals surface area contributed by atoms with Crippen LogP contribution in [0.3, 0.4) is 0 Å². The summed E-state index contributed by atoms with van der Waals surface area (Å²) in [7, 11) is 1.36. The number of alkyl halides is 1. The van der Waals surface area contributed by atoms with Gasteiger partial charge in [0.1, 0.15) is 4.83 Å². The quantitative estimate of drug-likeness (QED) is 0.590. The lowest BCUT2D eigenvalue weighted by Crippen LogP contribution is -2.19. The molecule has 0 heterocycles. The number of aliphatic hydroxyl groups is 1. The fourth-order valence-electron chi connectivity index (χ4n) is 0.497. The maximum absolute atomic E-state index is 10.9. The molecule has 0 spiro atoms. The van der Waals surface area contributed by atoms with Crippen molar-refractivity contribution < 1.29 is 14.6 Å². The largest absolute Gasteiger partial charge is 0.468 e. The third kappa shape index (κ3) is 5.00. The number of thioether (sulfide) groups is 1. The molecule has 0 aliphatic heterocycles. The number of methoxy groups -OCH3 is 1. The highest BCUT2D eigenvalue weighted by Gasteiger charge is 2.15. The highest BCUT2D eigenvalue weighted by molar-refractivity contribution is 9.10. The average molecular weight is 257 g/mol. The molecule has 0 radical (unpaired) electrons. The third-order valence-electron chi connectivity index (χ3n) is 1.24. The molecule has 0 fully saturated rings. The SMILES string of the molecule is COC(=O)C(Br)CSC(C)CO.